The summed E-state index contributed by atoms with van der Waals surface area (Å²) in [7, 11) is 0. The van der Waals surface area contributed by atoms with Crippen LogP contribution < -0.4 is 5.32 Å². The lowest BCUT2D eigenvalue weighted by atomic mass is 9.80. The molecule has 0 radical (unpaired) electrons. The van der Waals surface area contributed by atoms with E-state index in [2.05, 4.69) is 12.2 Å². The number of hydrogen-bond acceptors (Lipinski definition) is 3. The van der Waals surface area contributed by atoms with Gasteiger partial charge in [-0.05, 0) is 18.8 Å². The minimum absolute atomic E-state index is 0.107. The van der Waals surface area contributed by atoms with E-state index in [-0.39, 0.29) is 17.6 Å². The second-order valence-corrected chi connectivity index (χ2v) is 5.71. The van der Waals surface area contributed by atoms with Crippen molar-refractivity contribution < 1.29 is 14.7 Å². The molecule has 0 aromatic heterocycles. The van der Waals surface area contributed by atoms with Crippen molar-refractivity contribution in [3.63, 3.8) is 0 Å². The Hall–Kier alpha value is -0.710. The predicted octanol–water partition coefficient (Wildman–Crippen LogP) is 1.75. The van der Waals surface area contributed by atoms with E-state index < -0.39 is 5.97 Å². The largest absolute Gasteiger partial charge is 0.481 e. The first-order valence-electron chi connectivity index (χ1n) is 6.18. The van der Waals surface area contributed by atoms with Gasteiger partial charge in [0.25, 0.3) is 0 Å². The third-order valence-electron chi connectivity index (χ3n) is 3.22. The van der Waals surface area contributed by atoms with Gasteiger partial charge in [0.05, 0.1) is 5.75 Å². The summed E-state index contributed by atoms with van der Waals surface area (Å²) in [4.78, 5) is 22.1. The van der Waals surface area contributed by atoms with Crippen LogP contribution in [0.1, 0.15) is 32.6 Å². The average Bonchev–Trinajstić information content (AvgIpc) is 2.28. The molecule has 2 N–H and O–H groups in total. The second-order valence-electron chi connectivity index (χ2n) is 4.61. The van der Waals surface area contributed by atoms with Crippen molar-refractivity contribution in [2.24, 2.45) is 11.8 Å². The number of thioether (sulfide) groups is 1. The number of amides is 1. The van der Waals surface area contributed by atoms with Crippen LogP contribution in [-0.2, 0) is 9.59 Å². The highest BCUT2D eigenvalue weighted by atomic mass is 32.2. The van der Waals surface area contributed by atoms with Crippen LogP contribution in [0.25, 0.3) is 0 Å². The van der Waals surface area contributed by atoms with Crippen LogP contribution in [0.4, 0.5) is 0 Å². The van der Waals surface area contributed by atoms with Crippen LogP contribution in [0.3, 0.4) is 0 Å². The molecule has 0 aliphatic heterocycles. The van der Waals surface area contributed by atoms with Gasteiger partial charge in [-0.2, -0.15) is 0 Å². The number of rotatable bonds is 6. The zero-order valence-corrected chi connectivity index (χ0v) is 11.1. The smallest absolute Gasteiger partial charge is 0.313 e. The molecule has 1 rings (SSSR count). The van der Waals surface area contributed by atoms with Crippen molar-refractivity contribution in [3.8, 4) is 0 Å². The molecular weight excluding hydrogens is 238 g/mol. The third-order valence-corrected chi connectivity index (χ3v) is 4.16. The molecule has 1 saturated carbocycles. The van der Waals surface area contributed by atoms with Gasteiger partial charge in [0.2, 0.25) is 5.91 Å². The Morgan fingerprint density at radius 2 is 2.06 bits per heavy atom. The van der Waals surface area contributed by atoms with Crippen LogP contribution >= 0.6 is 11.8 Å². The molecule has 5 heteroatoms. The van der Waals surface area contributed by atoms with Gasteiger partial charge < -0.3 is 10.4 Å². The van der Waals surface area contributed by atoms with E-state index in [0.717, 1.165) is 19.3 Å². The highest BCUT2D eigenvalue weighted by Crippen LogP contribution is 2.29. The van der Waals surface area contributed by atoms with Gasteiger partial charge in [-0.3, -0.25) is 9.59 Å². The van der Waals surface area contributed by atoms with Gasteiger partial charge in [-0.25, -0.2) is 0 Å². The Morgan fingerprint density at radius 3 is 2.71 bits per heavy atom. The molecule has 0 spiro atoms. The van der Waals surface area contributed by atoms with Crippen LogP contribution in [0.15, 0.2) is 0 Å². The molecule has 0 heterocycles. The summed E-state index contributed by atoms with van der Waals surface area (Å²) in [5.74, 6) is 0.758. The van der Waals surface area contributed by atoms with E-state index in [1.54, 1.807) is 0 Å². The molecule has 0 bridgehead atoms. The van der Waals surface area contributed by atoms with Gasteiger partial charge in [-0.1, -0.05) is 19.8 Å². The lowest BCUT2D eigenvalue weighted by Gasteiger charge is -2.27. The van der Waals surface area contributed by atoms with Crippen LogP contribution in [-0.4, -0.2) is 35.0 Å². The number of carboxylic acids is 1. The first-order valence-corrected chi connectivity index (χ1v) is 7.34. The minimum Gasteiger partial charge on any atom is -0.481 e. The van der Waals surface area contributed by atoms with Crippen molar-refractivity contribution in [1.82, 2.24) is 5.32 Å². The molecule has 4 nitrogen and oxygen atoms in total. The van der Waals surface area contributed by atoms with Crippen molar-refractivity contribution >= 4 is 23.6 Å². The molecule has 1 amide bonds. The van der Waals surface area contributed by atoms with Crippen LogP contribution in [0.2, 0.25) is 0 Å². The normalized spacial score (nSPS) is 24.3. The first kappa shape index (κ1) is 14.4. The van der Waals surface area contributed by atoms with E-state index in [1.165, 1.54) is 18.2 Å². The fourth-order valence-electron chi connectivity index (χ4n) is 2.24. The zero-order valence-electron chi connectivity index (χ0n) is 10.3. The third kappa shape index (κ3) is 5.44. The monoisotopic (exact) mass is 259 g/mol. The van der Waals surface area contributed by atoms with Gasteiger partial charge in [0, 0.05) is 18.2 Å². The molecule has 98 valence electrons. The maximum atomic E-state index is 11.9. The fraction of sp³-hybridized carbons (Fsp3) is 0.833. The summed E-state index contributed by atoms with van der Waals surface area (Å²) in [6.45, 7) is 2.71. The number of nitrogens with one attached hydrogen (secondary N) is 1. The highest BCUT2D eigenvalue weighted by Gasteiger charge is 2.27. The van der Waals surface area contributed by atoms with E-state index in [1.807, 2.05) is 0 Å². The Labute approximate surface area is 107 Å². The van der Waals surface area contributed by atoms with Crippen LogP contribution in [0.5, 0.6) is 0 Å². The summed E-state index contributed by atoms with van der Waals surface area (Å²) in [5.41, 5.74) is 0. The maximum Gasteiger partial charge on any atom is 0.313 e. The lowest BCUT2D eigenvalue weighted by molar-refractivity contribution is -0.134. The summed E-state index contributed by atoms with van der Waals surface area (Å²) in [5, 5.41) is 11.4. The van der Waals surface area contributed by atoms with Crippen molar-refractivity contribution in [1.29, 1.82) is 0 Å². The number of carbonyl (C=O) groups is 2. The SMILES string of the molecule is CC1CCCCC1C(=O)NCCSCC(=O)O. The first-order chi connectivity index (χ1) is 8.11. The summed E-state index contributed by atoms with van der Waals surface area (Å²) >= 11 is 1.34. The highest BCUT2D eigenvalue weighted by molar-refractivity contribution is 7.99. The van der Waals surface area contributed by atoms with E-state index >= 15 is 0 Å². The topological polar surface area (TPSA) is 66.4 Å². The number of carbonyl (C=O) groups excluding carboxylic acids is 1. The quantitative estimate of drug-likeness (QED) is 0.713. The minimum atomic E-state index is -0.803. The van der Waals surface area contributed by atoms with Gasteiger partial charge in [0.15, 0.2) is 0 Å². The molecule has 2 unspecified atom stereocenters. The fourth-order valence-corrected chi connectivity index (χ4v) is 2.81. The lowest BCUT2D eigenvalue weighted by Crippen LogP contribution is -2.36. The van der Waals surface area contributed by atoms with Crippen molar-refractivity contribution in [2.75, 3.05) is 18.1 Å². The van der Waals surface area contributed by atoms with Gasteiger partial charge >= 0.3 is 5.97 Å². The van der Waals surface area contributed by atoms with E-state index in [9.17, 15) is 9.59 Å². The summed E-state index contributed by atoms with van der Waals surface area (Å²) in [6, 6.07) is 0. The number of hydrogen-bond donors (Lipinski definition) is 2. The van der Waals surface area contributed by atoms with Gasteiger partial charge in [-0.15, -0.1) is 11.8 Å². The Morgan fingerprint density at radius 1 is 1.35 bits per heavy atom. The van der Waals surface area contributed by atoms with Crippen LogP contribution in [0, 0.1) is 11.8 Å². The summed E-state index contributed by atoms with van der Waals surface area (Å²) < 4.78 is 0. The number of carboxylic acid groups (broad SMARTS) is 1. The van der Waals surface area contributed by atoms with Crippen molar-refractivity contribution in [3.05, 3.63) is 0 Å². The summed E-state index contributed by atoms with van der Waals surface area (Å²) in [6.07, 6.45) is 4.52. The molecule has 1 fully saturated rings. The zero-order chi connectivity index (χ0) is 12.7. The molecule has 0 aromatic rings. The molecule has 1 aliphatic carbocycles. The second kappa shape index (κ2) is 7.58. The number of aliphatic carboxylic acids is 1. The molecule has 2 atom stereocenters. The molecular formula is C12H21NO3S. The van der Waals surface area contributed by atoms with Crippen molar-refractivity contribution in [2.45, 2.75) is 32.6 Å². The molecule has 17 heavy (non-hydrogen) atoms. The standard InChI is InChI=1S/C12H21NO3S/c1-9-4-2-3-5-10(9)12(16)13-6-7-17-8-11(14)15/h9-10H,2-8H2,1H3,(H,13,16)(H,14,15). The molecule has 1 aliphatic rings. The maximum absolute atomic E-state index is 11.9. The molecule has 0 saturated heterocycles. The van der Waals surface area contributed by atoms with E-state index in [4.69, 9.17) is 5.11 Å². The van der Waals surface area contributed by atoms with E-state index in [0.29, 0.717) is 18.2 Å². The average molecular weight is 259 g/mol. The molecule has 0 aromatic carbocycles. The van der Waals surface area contributed by atoms with Gasteiger partial charge in [0.1, 0.15) is 0 Å². The Bertz CT molecular complexity index is 270. The Balaban J connectivity index is 2.13. The Kier molecular flexibility index (Phi) is 6.40. The predicted molar refractivity (Wildman–Crippen MR) is 69.1 cm³/mol.